The molecule has 0 unspecified atom stereocenters. The summed E-state index contributed by atoms with van der Waals surface area (Å²) < 4.78 is 10.6. The van der Waals surface area contributed by atoms with Crippen molar-refractivity contribution < 1.29 is 14.3 Å². The molecule has 130 valence electrons. The van der Waals surface area contributed by atoms with Gasteiger partial charge in [-0.25, -0.2) is 0 Å². The largest absolute Gasteiger partial charge is 0.497 e. The lowest BCUT2D eigenvalue weighted by atomic mass is 10.1. The summed E-state index contributed by atoms with van der Waals surface area (Å²) in [5.41, 5.74) is 1.40. The summed E-state index contributed by atoms with van der Waals surface area (Å²) in [4.78, 5) is 12.0. The molecule has 0 radical (unpaired) electrons. The van der Waals surface area contributed by atoms with E-state index in [9.17, 15) is 4.79 Å². The molecular formula is C21H18N2O3. The quantitative estimate of drug-likeness (QED) is 0.742. The van der Waals surface area contributed by atoms with E-state index in [1.165, 1.54) is 0 Å². The van der Waals surface area contributed by atoms with Gasteiger partial charge in [0.2, 0.25) is 0 Å². The Morgan fingerprint density at radius 1 is 1.08 bits per heavy atom. The first kappa shape index (κ1) is 17.3. The molecule has 0 spiro atoms. The van der Waals surface area contributed by atoms with Crippen LogP contribution in [0.3, 0.4) is 0 Å². The lowest BCUT2D eigenvalue weighted by Gasteiger charge is -2.09. The van der Waals surface area contributed by atoms with Gasteiger partial charge in [-0.2, -0.15) is 5.26 Å². The number of nitriles is 1. The zero-order valence-electron chi connectivity index (χ0n) is 14.4. The number of nitrogens with one attached hydrogen (secondary N) is 1. The summed E-state index contributed by atoms with van der Waals surface area (Å²) in [5.74, 6) is 0.978. The van der Waals surface area contributed by atoms with Gasteiger partial charge >= 0.3 is 0 Å². The van der Waals surface area contributed by atoms with Crippen molar-refractivity contribution >= 4 is 16.7 Å². The van der Waals surface area contributed by atoms with Crippen LogP contribution in [0.2, 0.25) is 0 Å². The molecule has 0 aromatic heterocycles. The Morgan fingerprint density at radius 3 is 2.65 bits per heavy atom. The first-order valence-electron chi connectivity index (χ1n) is 8.15. The molecule has 26 heavy (non-hydrogen) atoms. The zero-order valence-corrected chi connectivity index (χ0v) is 14.4. The Bertz CT molecular complexity index is 976. The molecule has 0 fully saturated rings. The van der Waals surface area contributed by atoms with Gasteiger partial charge in [0, 0.05) is 6.54 Å². The van der Waals surface area contributed by atoms with Crippen molar-refractivity contribution in [3.63, 3.8) is 0 Å². The Morgan fingerprint density at radius 2 is 1.85 bits per heavy atom. The SMILES string of the molecule is COc1ccc2cc(CNC(=O)COc3ccccc3C#N)ccc2c1. The molecule has 3 rings (SSSR count). The average molecular weight is 346 g/mol. The van der Waals surface area contributed by atoms with Crippen LogP contribution < -0.4 is 14.8 Å². The van der Waals surface area contributed by atoms with E-state index >= 15 is 0 Å². The fraction of sp³-hybridized carbons (Fsp3) is 0.143. The molecule has 0 bridgehead atoms. The average Bonchev–Trinajstić information content (AvgIpc) is 2.70. The number of amides is 1. The van der Waals surface area contributed by atoms with E-state index in [1.54, 1.807) is 31.4 Å². The summed E-state index contributed by atoms with van der Waals surface area (Å²) in [6.07, 6.45) is 0. The number of fused-ring (bicyclic) bond motifs is 1. The Kier molecular flexibility index (Phi) is 5.35. The van der Waals surface area contributed by atoms with E-state index in [0.29, 0.717) is 17.9 Å². The third-order valence-corrected chi connectivity index (χ3v) is 3.97. The second kappa shape index (κ2) is 8.04. The smallest absolute Gasteiger partial charge is 0.258 e. The molecule has 3 aromatic carbocycles. The van der Waals surface area contributed by atoms with Crippen LogP contribution in [-0.4, -0.2) is 19.6 Å². The second-order valence-electron chi connectivity index (χ2n) is 5.72. The normalized spacial score (nSPS) is 10.2. The molecule has 5 heteroatoms. The lowest BCUT2D eigenvalue weighted by molar-refractivity contribution is -0.123. The summed E-state index contributed by atoms with van der Waals surface area (Å²) in [6, 6.07) is 20.7. The number of methoxy groups -OCH3 is 1. The summed E-state index contributed by atoms with van der Waals surface area (Å²) >= 11 is 0. The molecule has 0 aliphatic heterocycles. The van der Waals surface area contributed by atoms with Crippen LogP contribution in [0, 0.1) is 11.3 Å². The maximum atomic E-state index is 12.0. The summed E-state index contributed by atoms with van der Waals surface area (Å²) in [5, 5.41) is 14.0. The van der Waals surface area contributed by atoms with Gasteiger partial charge in [0.1, 0.15) is 17.6 Å². The van der Waals surface area contributed by atoms with Gasteiger partial charge in [-0.3, -0.25) is 4.79 Å². The highest BCUT2D eigenvalue weighted by Gasteiger charge is 2.06. The van der Waals surface area contributed by atoms with Gasteiger partial charge < -0.3 is 14.8 Å². The van der Waals surface area contributed by atoms with Crippen molar-refractivity contribution in [2.45, 2.75) is 6.54 Å². The third-order valence-electron chi connectivity index (χ3n) is 3.97. The van der Waals surface area contributed by atoms with Crippen molar-refractivity contribution in [2.24, 2.45) is 0 Å². The minimum absolute atomic E-state index is 0.135. The predicted molar refractivity (Wildman–Crippen MR) is 99.0 cm³/mol. The maximum absolute atomic E-state index is 12.0. The molecule has 0 aliphatic carbocycles. The number of hydrogen-bond donors (Lipinski definition) is 1. The first-order valence-corrected chi connectivity index (χ1v) is 8.15. The molecule has 0 heterocycles. The van der Waals surface area contributed by atoms with Crippen LogP contribution in [0.5, 0.6) is 11.5 Å². The third kappa shape index (κ3) is 4.11. The fourth-order valence-corrected chi connectivity index (χ4v) is 2.59. The molecule has 1 amide bonds. The van der Waals surface area contributed by atoms with Gasteiger partial charge in [0.25, 0.3) is 5.91 Å². The zero-order chi connectivity index (χ0) is 18.4. The van der Waals surface area contributed by atoms with Gasteiger partial charge in [0.15, 0.2) is 6.61 Å². The highest BCUT2D eigenvalue weighted by Crippen LogP contribution is 2.22. The van der Waals surface area contributed by atoms with Gasteiger partial charge in [-0.05, 0) is 46.7 Å². The van der Waals surface area contributed by atoms with Crippen LogP contribution in [0.4, 0.5) is 0 Å². The van der Waals surface area contributed by atoms with Crippen LogP contribution >= 0.6 is 0 Å². The molecular weight excluding hydrogens is 328 g/mol. The van der Waals surface area contributed by atoms with Gasteiger partial charge in [-0.1, -0.05) is 30.3 Å². The monoisotopic (exact) mass is 346 g/mol. The maximum Gasteiger partial charge on any atom is 0.258 e. The molecule has 3 aromatic rings. The number of benzene rings is 3. The van der Waals surface area contributed by atoms with E-state index < -0.39 is 0 Å². The van der Waals surface area contributed by atoms with E-state index in [1.807, 2.05) is 42.5 Å². The molecule has 0 atom stereocenters. The van der Waals surface area contributed by atoms with Crippen LogP contribution in [0.15, 0.2) is 60.7 Å². The number of rotatable bonds is 6. The van der Waals surface area contributed by atoms with Crippen LogP contribution in [0.1, 0.15) is 11.1 Å². The van der Waals surface area contributed by atoms with Gasteiger partial charge in [-0.15, -0.1) is 0 Å². The molecule has 0 saturated heterocycles. The van der Waals surface area contributed by atoms with Crippen molar-refractivity contribution in [3.05, 3.63) is 71.8 Å². The fourth-order valence-electron chi connectivity index (χ4n) is 2.59. The van der Waals surface area contributed by atoms with Crippen molar-refractivity contribution in [3.8, 4) is 17.6 Å². The first-order chi connectivity index (χ1) is 12.7. The van der Waals surface area contributed by atoms with Crippen LogP contribution in [-0.2, 0) is 11.3 Å². The van der Waals surface area contributed by atoms with E-state index in [0.717, 1.165) is 22.1 Å². The number of carbonyl (C=O) groups is 1. The highest BCUT2D eigenvalue weighted by atomic mass is 16.5. The second-order valence-corrected chi connectivity index (χ2v) is 5.72. The topological polar surface area (TPSA) is 71.3 Å². The Hall–Kier alpha value is -3.52. The molecule has 1 N–H and O–H groups in total. The molecule has 0 aliphatic rings. The number of nitrogens with zero attached hydrogens (tertiary/aromatic N) is 1. The number of para-hydroxylation sites is 1. The van der Waals surface area contributed by atoms with E-state index in [2.05, 4.69) is 5.32 Å². The number of hydrogen-bond acceptors (Lipinski definition) is 4. The van der Waals surface area contributed by atoms with Crippen molar-refractivity contribution in [1.82, 2.24) is 5.32 Å². The Labute approximate surface area is 151 Å². The number of ether oxygens (including phenoxy) is 2. The summed E-state index contributed by atoms with van der Waals surface area (Å²) in [7, 11) is 1.64. The van der Waals surface area contributed by atoms with E-state index in [-0.39, 0.29) is 12.5 Å². The minimum atomic E-state index is -0.243. The number of carbonyl (C=O) groups excluding carboxylic acids is 1. The van der Waals surface area contributed by atoms with Crippen molar-refractivity contribution in [1.29, 1.82) is 5.26 Å². The van der Waals surface area contributed by atoms with Gasteiger partial charge in [0.05, 0.1) is 12.7 Å². The van der Waals surface area contributed by atoms with E-state index in [4.69, 9.17) is 14.7 Å². The minimum Gasteiger partial charge on any atom is -0.497 e. The summed E-state index contributed by atoms with van der Waals surface area (Å²) in [6.45, 7) is 0.271. The lowest BCUT2D eigenvalue weighted by Crippen LogP contribution is -2.28. The highest BCUT2D eigenvalue weighted by molar-refractivity contribution is 5.84. The Balaban J connectivity index is 1.57. The molecule has 0 saturated carbocycles. The standard InChI is InChI=1S/C21H18N2O3/c1-25-19-9-8-16-10-15(6-7-17(16)11-19)13-23-21(24)14-26-20-5-3-2-4-18(20)12-22/h2-11H,13-14H2,1H3,(H,23,24). The molecule has 5 nitrogen and oxygen atoms in total. The van der Waals surface area contributed by atoms with Crippen molar-refractivity contribution in [2.75, 3.05) is 13.7 Å². The predicted octanol–water partition coefficient (Wildman–Crippen LogP) is 3.42. The van der Waals surface area contributed by atoms with Crippen LogP contribution in [0.25, 0.3) is 10.8 Å².